The summed E-state index contributed by atoms with van der Waals surface area (Å²) in [5.74, 6) is 0. The van der Waals surface area contributed by atoms with Crippen LogP contribution in [0.2, 0.25) is 0 Å². The lowest BCUT2D eigenvalue weighted by atomic mass is 10.2. The summed E-state index contributed by atoms with van der Waals surface area (Å²) in [5, 5.41) is 12.3. The minimum atomic E-state index is 0.603. The van der Waals surface area contributed by atoms with Gasteiger partial charge >= 0.3 is 0 Å². The van der Waals surface area contributed by atoms with Gasteiger partial charge in [0, 0.05) is 5.38 Å². The lowest BCUT2D eigenvalue weighted by Gasteiger charge is -1.93. The molecule has 0 fully saturated rings. The normalized spacial score (nSPS) is 10.5. The molecule has 0 saturated carbocycles. The lowest BCUT2D eigenvalue weighted by molar-refractivity contribution is 1.46. The first-order valence-electron chi connectivity index (χ1n) is 4.92. The van der Waals surface area contributed by atoms with Crippen molar-refractivity contribution in [3.8, 4) is 16.6 Å². The average molecular weight is 257 g/mol. The molecule has 0 atom stereocenters. The molecule has 2 aromatic heterocycles. The van der Waals surface area contributed by atoms with E-state index in [1.165, 1.54) is 11.3 Å². The highest BCUT2D eigenvalue weighted by Crippen LogP contribution is 2.38. The molecule has 3 rings (SSSR count). The fraction of sp³-hybridized carbons (Fsp3) is 0. The number of fused-ring (bicyclic) bond motifs is 1. The molecule has 3 aromatic rings. The third-order valence-electron chi connectivity index (χ3n) is 2.45. The number of nitrogens with two attached hydrogens (primary N) is 1. The molecule has 0 spiro atoms. The molecule has 0 unspecified atom stereocenters. The van der Waals surface area contributed by atoms with E-state index in [0.29, 0.717) is 10.6 Å². The van der Waals surface area contributed by atoms with Crippen LogP contribution in [0.1, 0.15) is 5.56 Å². The van der Waals surface area contributed by atoms with E-state index in [1.807, 2.05) is 24.3 Å². The van der Waals surface area contributed by atoms with Gasteiger partial charge in [-0.3, -0.25) is 0 Å². The van der Waals surface area contributed by atoms with Crippen LogP contribution >= 0.6 is 22.7 Å². The molecular formula is C12H7N3S2. The topological polar surface area (TPSA) is 62.7 Å². The molecule has 0 bridgehead atoms. The summed E-state index contributed by atoms with van der Waals surface area (Å²) in [6, 6.07) is 10.1. The number of thiazole rings is 1. The Kier molecular flexibility index (Phi) is 2.32. The largest absolute Gasteiger partial charge is 0.390 e. The van der Waals surface area contributed by atoms with E-state index in [-0.39, 0.29) is 0 Å². The van der Waals surface area contributed by atoms with Crippen molar-refractivity contribution in [2.45, 2.75) is 0 Å². The molecule has 0 amide bonds. The van der Waals surface area contributed by atoms with E-state index in [1.54, 1.807) is 16.7 Å². The highest BCUT2D eigenvalue weighted by Gasteiger charge is 2.15. The number of hydrogen-bond donors (Lipinski definition) is 1. The summed E-state index contributed by atoms with van der Waals surface area (Å²) >= 11 is 2.95. The van der Waals surface area contributed by atoms with E-state index >= 15 is 0 Å². The number of aromatic nitrogens is 1. The van der Waals surface area contributed by atoms with E-state index in [2.05, 4.69) is 11.1 Å². The Labute approximate surface area is 106 Å². The van der Waals surface area contributed by atoms with Gasteiger partial charge in [0.15, 0.2) is 0 Å². The van der Waals surface area contributed by atoms with Crippen molar-refractivity contribution in [2.24, 2.45) is 0 Å². The summed E-state index contributed by atoms with van der Waals surface area (Å²) in [7, 11) is 0. The third kappa shape index (κ3) is 1.58. The Bertz CT molecular complexity index is 701. The van der Waals surface area contributed by atoms with Crippen molar-refractivity contribution < 1.29 is 0 Å². The van der Waals surface area contributed by atoms with Crippen LogP contribution in [0.25, 0.3) is 20.8 Å². The average Bonchev–Trinajstić information content (AvgIpc) is 2.91. The number of benzene rings is 1. The van der Waals surface area contributed by atoms with Gasteiger partial charge in [0.2, 0.25) is 0 Å². The number of thiophene rings is 1. The molecule has 0 aliphatic rings. The van der Waals surface area contributed by atoms with Crippen LogP contribution in [0.15, 0.2) is 29.6 Å². The maximum atomic E-state index is 9.05. The lowest BCUT2D eigenvalue weighted by Crippen LogP contribution is -1.85. The Hall–Kier alpha value is -1.90. The quantitative estimate of drug-likeness (QED) is 0.726. The fourth-order valence-electron chi connectivity index (χ4n) is 1.65. The van der Waals surface area contributed by atoms with Gasteiger partial charge in [-0.1, -0.05) is 12.1 Å². The Balaban J connectivity index is 2.28. The Morgan fingerprint density at radius 3 is 2.88 bits per heavy atom. The second-order valence-corrected chi connectivity index (χ2v) is 5.43. The molecule has 3 nitrogen and oxygen atoms in total. The minimum Gasteiger partial charge on any atom is -0.390 e. The summed E-state index contributed by atoms with van der Waals surface area (Å²) in [6.45, 7) is 0. The molecular weight excluding hydrogens is 250 g/mol. The third-order valence-corrected chi connectivity index (χ3v) is 4.31. The van der Waals surface area contributed by atoms with Gasteiger partial charge in [-0.15, -0.1) is 22.7 Å². The predicted molar refractivity (Wildman–Crippen MR) is 72.1 cm³/mol. The molecule has 2 N–H and O–H groups in total. The van der Waals surface area contributed by atoms with E-state index in [0.717, 1.165) is 20.8 Å². The second kappa shape index (κ2) is 3.84. The van der Waals surface area contributed by atoms with Crippen molar-refractivity contribution in [3.05, 3.63) is 35.2 Å². The predicted octanol–water partition coefficient (Wildman–Crippen LogP) is 3.48. The van der Waals surface area contributed by atoms with Crippen molar-refractivity contribution in [2.75, 3.05) is 5.73 Å². The highest BCUT2D eigenvalue weighted by atomic mass is 32.1. The number of hydrogen-bond acceptors (Lipinski definition) is 5. The van der Waals surface area contributed by atoms with Crippen LogP contribution < -0.4 is 5.73 Å². The van der Waals surface area contributed by atoms with Crippen molar-refractivity contribution in [1.82, 2.24) is 4.98 Å². The van der Waals surface area contributed by atoms with Gasteiger partial charge in [-0.05, 0) is 12.1 Å². The smallest absolute Gasteiger partial charge is 0.128 e. The van der Waals surface area contributed by atoms with Gasteiger partial charge in [-0.25, -0.2) is 4.98 Å². The number of rotatable bonds is 1. The summed E-state index contributed by atoms with van der Waals surface area (Å²) in [5.41, 5.74) is 8.23. The number of nitrogens with zero attached hydrogens (tertiary/aromatic N) is 2. The zero-order valence-electron chi connectivity index (χ0n) is 8.68. The van der Waals surface area contributed by atoms with E-state index < -0.39 is 0 Å². The zero-order valence-corrected chi connectivity index (χ0v) is 10.3. The number of nitriles is 1. The summed E-state index contributed by atoms with van der Waals surface area (Å²) < 4.78 is 1.11. The molecule has 17 heavy (non-hydrogen) atoms. The molecule has 1 aromatic carbocycles. The van der Waals surface area contributed by atoms with E-state index in [9.17, 15) is 0 Å². The molecule has 5 heteroatoms. The molecule has 0 radical (unpaired) electrons. The number of para-hydroxylation sites is 1. The number of anilines is 1. The molecule has 82 valence electrons. The fourth-order valence-corrected chi connectivity index (χ4v) is 3.50. The molecule has 0 saturated heterocycles. The second-order valence-electron chi connectivity index (χ2n) is 3.49. The first kappa shape index (κ1) is 10.3. The standard InChI is InChI=1S/C12H7N3S2/c13-5-7-6-16-11(14)10(7)12-15-8-3-1-2-4-9(8)17-12/h1-4,6H,14H2. The first-order valence-corrected chi connectivity index (χ1v) is 6.62. The maximum Gasteiger partial charge on any atom is 0.128 e. The summed E-state index contributed by atoms with van der Waals surface area (Å²) in [4.78, 5) is 4.52. The van der Waals surface area contributed by atoms with Crippen LogP contribution in [0.4, 0.5) is 5.00 Å². The molecule has 0 aliphatic heterocycles. The van der Waals surface area contributed by atoms with Crippen molar-refractivity contribution >= 4 is 37.9 Å². The van der Waals surface area contributed by atoms with Crippen LogP contribution in [0.5, 0.6) is 0 Å². The van der Waals surface area contributed by atoms with Crippen molar-refractivity contribution in [3.63, 3.8) is 0 Å². The van der Waals surface area contributed by atoms with Crippen LogP contribution in [-0.4, -0.2) is 4.98 Å². The molecule has 0 aliphatic carbocycles. The summed E-state index contributed by atoms with van der Waals surface area (Å²) in [6.07, 6.45) is 0. The minimum absolute atomic E-state index is 0.603. The van der Waals surface area contributed by atoms with Crippen LogP contribution in [0, 0.1) is 11.3 Å². The molecule has 2 heterocycles. The van der Waals surface area contributed by atoms with Crippen molar-refractivity contribution in [1.29, 1.82) is 5.26 Å². The first-order chi connectivity index (χ1) is 8.29. The van der Waals surface area contributed by atoms with Crippen LogP contribution in [0.3, 0.4) is 0 Å². The highest BCUT2D eigenvalue weighted by molar-refractivity contribution is 7.22. The zero-order chi connectivity index (χ0) is 11.8. The SMILES string of the molecule is N#Cc1csc(N)c1-c1nc2ccccc2s1. The Morgan fingerprint density at radius 2 is 2.12 bits per heavy atom. The van der Waals surface area contributed by atoms with Gasteiger partial charge in [-0.2, -0.15) is 5.26 Å². The monoisotopic (exact) mass is 257 g/mol. The Morgan fingerprint density at radius 1 is 1.29 bits per heavy atom. The van der Waals surface area contributed by atoms with Gasteiger partial charge < -0.3 is 5.73 Å². The van der Waals surface area contributed by atoms with Gasteiger partial charge in [0.05, 0.1) is 26.3 Å². The van der Waals surface area contributed by atoms with Gasteiger partial charge in [0.1, 0.15) is 11.1 Å². The van der Waals surface area contributed by atoms with Crippen LogP contribution in [-0.2, 0) is 0 Å². The maximum absolute atomic E-state index is 9.05. The van der Waals surface area contributed by atoms with Gasteiger partial charge in [0.25, 0.3) is 0 Å². The van der Waals surface area contributed by atoms with E-state index in [4.69, 9.17) is 11.0 Å². The number of nitrogen functional groups attached to an aromatic ring is 1.